The summed E-state index contributed by atoms with van der Waals surface area (Å²) in [7, 11) is 0.337. The molecule has 7 heteroatoms. The smallest absolute Gasteiger partial charge is 0.257 e. The summed E-state index contributed by atoms with van der Waals surface area (Å²) in [5, 5.41) is 0.128. The van der Waals surface area contributed by atoms with Gasteiger partial charge >= 0.3 is 0 Å². The highest BCUT2D eigenvalue weighted by molar-refractivity contribution is 7.89. The fourth-order valence-electron chi connectivity index (χ4n) is 1.14. The van der Waals surface area contributed by atoms with Crippen LogP contribution in [0.3, 0.4) is 0 Å². The van der Waals surface area contributed by atoms with E-state index in [1.165, 1.54) is 6.20 Å². The maximum Gasteiger partial charge on any atom is 0.257 e. The van der Waals surface area contributed by atoms with Crippen LogP contribution in [-0.2, 0) is 16.4 Å². The highest BCUT2D eigenvalue weighted by Crippen LogP contribution is 2.05. The summed E-state index contributed by atoms with van der Waals surface area (Å²) in [6, 6.07) is 0. The molecule has 0 saturated carbocycles. The number of hydrogen-bond acceptors (Lipinski definition) is 4. The van der Waals surface area contributed by atoms with Gasteiger partial charge in [0.05, 0.1) is 6.20 Å². The Morgan fingerprint density at radius 3 is 2.69 bits per heavy atom. The van der Waals surface area contributed by atoms with Gasteiger partial charge in [-0.1, -0.05) is 6.92 Å². The van der Waals surface area contributed by atoms with Crippen molar-refractivity contribution in [1.82, 2.24) is 19.6 Å². The first-order valence-corrected chi connectivity index (χ1v) is 6.62. The van der Waals surface area contributed by atoms with Gasteiger partial charge in [-0.05, 0) is 14.1 Å². The lowest BCUT2D eigenvalue weighted by atomic mass is 10.5. The zero-order chi connectivity index (χ0) is 12.2. The van der Waals surface area contributed by atoms with E-state index in [9.17, 15) is 8.42 Å². The third-order valence-corrected chi connectivity index (χ3v) is 3.45. The zero-order valence-electron chi connectivity index (χ0n) is 9.82. The maximum atomic E-state index is 11.7. The Morgan fingerprint density at radius 1 is 1.50 bits per heavy atom. The van der Waals surface area contributed by atoms with E-state index in [4.69, 9.17) is 0 Å². The van der Waals surface area contributed by atoms with Crippen LogP contribution in [0.15, 0.2) is 11.2 Å². The molecule has 0 amide bonds. The van der Waals surface area contributed by atoms with Crippen molar-refractivity contribution in [3.63, 3.8) is 0 Å². The van der Waals surface area contributed by atoms with Gasteiger partial charge in [-0.15, -0.1) is 0 Å². The Labute approximate surface area is 96.1 Å². The largest absolute Gasteiger partial charge is 0.332 e. The van der Waals surface area contributed by atoms with Crippen LogP contribution in [0.5, 0.6) is 0 Å². The van der Waals surface area contributed by atoms with Crippen LogP contribution >= 0.6 is 0 Å². The number of nitrogens with zero attached hydrogens (tertiary/aromatic N) is 2. The quantitative estimate of drug-likeness (QED) is 0.729. The van der Waals surface area contributed by atoms with Crippen molar-refractivity contribution in [3.8, 4) is 0 Å². The van der Waals surface area contributed by atoms with Crippen LogP contribution in [0.4, 0.5) is 0 Å². The fraction of sp³-hybridized carbons (Fsp3) is 0.667. The third kappa shape index (κ3) is 3.58. The van der Waals surface area contributed by atoms with Gasteiger partial charge in [-0.2, -0.15) is 0 Å². The predicted molar refractivity (Wildman–Crippen MR) is 61.7 cm³/mol. The number of likely N-dealkylation sites (N-methyl/N-ethyl adjacent to an activating group) is 1. The summed E-state index contributed by atoms with van der Waals surface area (Å²) < 4.78 is 26.0. The van der Waals surface area contributed by atoms with Crippen molar-refractivity contribution in [1.29, 1.82) is 0 Å². The van der Waals surface area contributed by atoms with Crippen molar-refractivity contribution < 1.29 is 8.42 Å². The van der Waals surface area contributed by atoms with Crippen LogP contribution in [0.25, 0.3) is 0 Å². The Balaban J connectivity index is 2.63. The van der Waals surface area contributed by atoms with E-state index in [0.29, 0.717) is 25.3 Å². The second-order valence-corrected chi connectivity index (χ2v) is 5.48. The van der Waals surface area contributed by atoms with E-state index in [-0.39, 0.29) is 5.03 Å². The average molecular weight is 246 g/mol. The molecule has 1 aromatic heterocycles. The van der Waals surface area contributed by atoms with E-state index in [0.717, 1.165) is 0 Å². The van der Waals surface area contributed by atoms with Gasteiger partial charge in [-0.3, -0.25) is 0 Å². The molecule has 6 nitrogen and oxygen atoms in total. The Bertz CT molecular complexity index is 424. The molecule has 1 heterocycles. The normalized spacial score (nSPS) is 12.2. The minimum atomic E-state index is -3.44. The van der Waals surface area contributed by atoms with Crippen molar-refractivity contribution in [2.45, 2.75) is 18.4 Å². The number of aromatic nitrogens is 2. The molecule has 92 valence electrons. The van der Waals surface area contributed by atoms with E-state index in [1.54, 1.807) is 0 Å². The summed E-state index contributed by atoms with van der Waals surface area (Å²) >= 11 is 0. The van der Waals surface area contributed by atoms with Crippen molar-refractivity contribution >= 4 is 10.0 Å². The first kappa shape index (κ1) is 13.1. The summed E-state index contributed by atoms with van der Waals surface area (Å²) in [4.78, 5) is 8.63. The summed E-state index contributed by atoms with van der Waals surface area (Å²) in [6.45, 7) is 2.96. The average Bonchev–Trinajstić information content (AvgIpc) is 2.65. The maximum absolute atomic E-state index is 11.7. The molecule has 16 heavy (non-hydrogen) atoms. The molecular formula is C9H18N4O2S. The number of rotatable bonds is 6. The van der Waals surface area contributed by atoms with E-state index in [1.807, 2.05) is 25.9 Å². The first-order valence-electron chi connectivity index (χ1n) is 5.14. The van der Waals surface area contributed by atoms with Crippen LogP contribution in [0.2, 0.25) is 0 Å². The summed E-state index contributed by atoms with van der Waals surface area (Å²) in [5.74, 6) is 0.674. The molecule has 0 aliphatic carbocycles. The number of sulfonamides is 1. The van der Waals surface area contributed by atoms with Crippen LogP contribution in [0.1, 0.15) is 12.7 Å². The SMILES string of the molecule is CCc1ncc(S(=O)(=O)NCCN(C)C)[nH]1. The van der Waals surface area contributed by atoms with E-state index in [2.05, 4.69) is 14.7 Å². The number of aromatic amines is 1. The molecular weight excluding hydrogens is 228 g/mol. The molecule has 0 fully saturated rings. The molecule has 0 unspecified atom stereocenters. The minimum absolute atomic E-state index is 0.128. The lowest BCUT2D eigenvalue weighted by Gasteiger charge is -2.09. The topological polar surface area (TPSA) is 78.1 Å². The van der Waals surface area contributed by atoms with E-state index >= 15 is 0 Å². The van der Waals surface area contributed by atoms with Crippen LogP contribution < -0.4 is 4.72 Å². The molecule has 0 aliphatic rings. The molecule has 1 aromatic rings. The van der Waals surface area contributed by atoms with Gasteiger partial charge in [0, 0.05) is 19.5 Å². The standard InChI is InChI=1S/C9H18N4O2S/c1-4-8-10-7-9(12-8)16(14,15)11-5-6-13(2)3/h7,11H,4-6H2,1-3H3,(H,10,12). The van der Waals surface area contributed by atoms with Crippen molar-refractivity contribution in [2.75, 3.05) is 27.2 Å². The molecule has 0 aliphatic heterocycles. The lowest BCUT2D eigenvalue weighted by molar-refractivity contribution is 0.412. The Hall–Kier alpha value is -0.920. The molecule has 0 atom stereocenters. The lowest BCUT2D eigenvalue weighted by Crippen LogP contribution is -2.31. The Morgan fingerprint density at radius 2 is 2.19 bits per heavy atom. The second-order valence-electron chi connectivity index (χ2n) is 3.75. The van der Waals surface area contributed by atoms with Gasteiger partial charge in [0.15, 0.2) is 5.03 Å². The molecule has 0 aromatic carbocycles. The summed E-state index contributed by atoms with van der Waals surface area (Å²) in [6.07, 6.45) is 2.03. The molecule has 0 saturated heterocycles. The van der Waals surface area contributed by atoms with Crippen LogP contribution in [0, 0.1) is 0 Å². The molecule has 0 bridgehead atoms. The molecule has 0 radical (unpaired) electrons. The van der Waals surface area contributed by atoms with Gasteiger partial charge in [0.25, 0.3) is 10.0 Å². The highest BCUT2D eigenvalue weighted by Gasteiger charge is 2.15. The number of nitrogens with one attached hydrogen (secondary N) is 2. The first-order chi connectivity index (χ1) is 7.45. The van der Waals surface area contributed by atoms with Crippen molar-refractivity contribution in [3.05, 3.63) is 12.0 Å². The zero-order valence-corrected chi connectivity index (χ0v) is 10.6. The summed E-state index contributed by atoms with van der Waals surface area (Å²) in [5.41, 5.74) is 0. The number of H-pyrrole nitrogens is 1. The molecule has 0 spiro atoms. The Kier molecular flexibility index (Phi) is 4.45. The molecule has 1 rings (SSSR count). The van der Waals surface area contributed by atoms with Gasteiger partial charge in [-0.25, -0.2) is 18.1 Å². The predicted octanol–water partition coefficient (Wildman–Crippen LogP) is -0.188. The van der Waals surface area contributed by atoms with Gasteiger partial charge in [0.1, 0.15) is 5.82 Å². The number of hydrogen-bond donors (Lipinski definition) is 2. The monoisotopic (exact) mass is 246 g/mol. The fourth-order valence-corrected chi connectivity index (χ4v) is 2.10. The highest BCUT2D eigenvalue weighted by atomic mass is 32.2. The number of aryl methyl sites for hydroxylation is 1. The second kappa shape index (κ2) is 5.42. The molecule has 2 N–H and O–H groups in total. The van der Waals surface area contributed by atoms with Crippen LogP contribution in [-0.4, -0.2) is 50.5 Å². The number of imidazole rings is 1. The van der Waals surface area contributed by atoms with E-state index < -0.39 is 10.0 Å². The van der Waals surface area contributed by atoms with Gasteiger partial charge < -0.3 is 9.88 Å². The van der Waals surface area contributed by atoms with Crippen molar-refractivity contribution in [2.24, 2.45) is 0 Å². The minimum Gasteiger partial charge on any atom is -0.332 e. The third-order valence-electron chi connectivity index (χ3n) is 2.08. The van der Waals surface area contributed by atoms with Gasteiger partial charge in [0.2, 0.25) is 0 Å².